The SMILES string of the molecule is Cc1cc(C)c(NC(=O)C(C)Sc2nnc(-c3ccco3)n2Cc2ccccc2)c(C)c1. The van der Waals surface area contributed by atoms with Crippen LogP contribution in [0.25, 0.3) is 11.6 Å². The highest BCUT2D eigenvalue weighted by molar-refractivity contribution is 8.00. The molecule has 0 spiro atoms. The standard InChI is InChI=1S/C25H26N4O2S/c1-16-13-17(2)22(18(3)14-16)26-24(30)19(4)32-25-28-27-23(21-11-8-12-31-21)29(25)15-20-9-6-5-7-10-20/h5-14,19H,15H2,1-4H3,(H,26,30). The van der Waals surface area contributed by atoms with Gasteiger partial charge in [-0.2, -0.15) is 0 Å². The van der Waals surface area contributed by atoms with Gasteiger partial charge in [0, 0.05) is 5.69 Å². The van der Waals surface area contributed by atoms with Gasteiger partial charge in [-0.05, 0) is 56.5 Å². The molecule has 1 atom stereocenters. The lowest BCUT2D eigenvalue weighted by Crippen LogP contribution is -2.24. The molecule has 0 aliphatic heterocycles. The Labute approximate surface area is 192 Å². The van der Waals surface area contributed by atoms with Crippen LogP contribution in [0.3, 0.4) is 0 Å². The molecule has 1 N–H and O–H groups in total. The summed E-state index contributed by atoms with van der Waals surface area (Å²) < 4.78 is 7.56. The van der Waals surface area contributed by atoms with Crippen LogP contribution in [0.2, 0.25) is 0 Å². The number of nitrogens with one attached hydrogen (secondary N) is 1. The van der Waals surface area contributed by atoms with Crippen molar-refractivity contribution in [1.82, 2.24) is 14.8 Å². The van der Waals surface area contributed by atoms with E-state index in [0.717, 1.165) is 22.4 Å². The predicted molar refractivity (Wildman–Crippen MR) is 128 cm³/mol. The minimum absolute atomic E-state index is 0.0705. The molecule has 0 aliphatic carbocycles. The van der Waals surface area contributed by atoms with E-state index in [-0.39, 0.29) is 11.2 Å². The molecule has 0 saturated carbocycles. The van der Waals surface area contributed by atoms with Gasteiger partial charge in [0.1, 0.15) is 0 Å². The first-order chi connectivity index (χ1) is 15.4. The number of carbonyl (C=O) groups is 1. The number of hydrogen-bond donors (Lipinski definition) is 1. The number of aryl methyl sites for hydroxylation is 3. The van der Waals surface area contributed by atoms with Gasteiger partial charge in [-0.25, -0.2) is 0 Å². The number of rotatable bonds is 7. The minimum atomic E-state index is -0.363. The summed E-state index contributed by atoms with van der Waals surface area (Å²) in [6.07, 6.45) is 1.62. The summed E-state index contributed by atoms with van der Waals surface area (Å²) in [6, 6.07) is 17.9. The Hall–Kier alpha value is -3.32. The average Bonchev–Trinajstić information content (AvgIpc) is 3.42. The van der Waals surface area contributed by atoms with E-state index >= 15 is 0 Å². The maximum absolute atomic E-state index is 13.0. The summed E-state index contributed by atoms with van der Waals surface area (Å²) in [6.45, 7) is 8.54. The molecule has 0 saturated heterocycles. The van der Waals surface area contributed by atoms with Crippen molar-refractivity contribution in [3.05, 3.63) is 83.1 Å². The fourth-order valence-electron chi connectivity index (χ4n) is 3.69. The molecule has 4 aromatic rings. The summed E-state index contributed by atoms with van der Waals surface area (Å²) in [5.41, 5.74) is 5.28. The molecule has 0 aliphatic rings. The van der Waals surface area contributed by atoms with Gasteiger partial charge >= 0.3 is 0 Å². The zero-order valence-electron chi connectivity index (χ0n) is 18.6. The van der Waals surface area contributed by atoms with E-state index in [1.807, 2.05) is 55.7 Å². The zero-order valence-corrected chi connectivity index (χ0v) is 19.4. The molecule has 2 aromatic heterocycles. The minimum Gasteiger partial charge on any atom is -0.461 e. The number of thioether (sulfide) groups is 1. The van der Waals surface area contributed by atoms with E-state index in [4.69, 9.17) is 4.42 Å². The molecule has 1 unspecified atom stereocenters. The van der Waals surface area contributed by atoms with Crippen LogP contribution in [0.4, 0.5) is 5.69 Å². The highest BCUT2D eigenvalue weighted by Gasteiger charge is 2.23. The van der Waals surface area contributed by atoms with Crippen molar-refractivity contribution in [3.8, 4) is 11.6 Å². The topological polar surface area (TPSA) is 73.0 Å². The molecule has 2 aromatic carbocycles. The van der Waals surface area contributed by atoms with Gasteiger partial charge in [-0.15, -0.1) is 10.2 Å². The van der Waals surface area contributed by atoms with Crippen molar-refractivity contribution in [2.45, 2.75) is 44.6 Å². The zero-order chi connectivity index (χ0) is 22.7. The van der Waals surface area contributed by atoms with Gasteiger partial charge in [0.2, 0.25) is 11.7 Å². The smallest absolute Gasteiger partial charge is 0.237 e. The summed E-state index contributed by atoms with van der Waals surface area (Å²) >= 11 is 1.39. The van der Waals surface area contributed by atoms with E-state index in [0.29, 0.717) is 23.3 Å². The highest BCUT2D eigenvalue weighted by atomic mass is 32.2. The second-order valence-electron chi connectivity index (χ2n) is 7.88. The lowest BCUT2D eigenvalue weighted by atomic mass is 10.1. The summed E-state index contributed by atoms with van der Waals surface area (Å²) in [7, 11) is 0. The first-order valence-corrected chi connectivity index (χ1v) is 11.4. The Kier molecular flexibility index (Phi) is 6.46. The van der Waals surface area contributed by atoms with Crippen LogP contribution < -0.4 is 5.32 Å². The molecule has 32 heavy (non-hydrogen) atoms. The van der Waals surface area contributed by atoms with Crippen molar-refractivity contribution in [3.63, 3.8) is 0 Å². The summed E-state index contributed by atoms with van der Waals surface area (Å²) in [5.74, 6) is 1.21. The van der Waals surface area contributed by atoms with Crippen molar-refractivity contribution < 1.29 is 9.21 Å². The second-order valence-corrected chi connectivity index (χ2v) is 9.19. The molecular weight excluding hydrogens is 420 g/mol. The van der Waals surface area contributed by atoms with Gasteiger partial charge in [0.15, 0.2) is 10.9 Å². The number of furan rings is 1. The van der Waals surface area contributed by atoms with E-state index < -0.39 is 0 Å². The molecule has 1 amide bonds. The van der Waals surface area contributed by atoms with Crippen LogP contribution in [0.5, 0.6) is 0 Å². The van der Waals surface area contributed by atoms with Crippen molar-refractivity contribution >= 4 is 23.4 Å². The van der Waals surface area contributed by atoms with Crippen LogP contribution in [-0.4, -0.2) is 25.9 Å². The number of benzene rings is 2. The molecule has 0 bridgehead atoms. The number of nitrogens with zero attached hydrogens (tertiary/aromatic N) is 3. The van der Waals surface area contributed by atoms with Gasteiger partial charge in [0.25, 0.3) is 0 Å². The molecule has 164 valence electrons. The van der Waals surface area contributed by atoms with Gasteiger partial charge < -0.3 is 9.73 Å². The maximum atomic E-state index is 13.0. The van der Waals surface area contributed by atoms with Gasteiger partial charge in [-0.3, -0.25) is 9.36 Å². The monoisotopic (exact) mass is 446 g/mol. The number of anilines is 1. The van der Waals surface area contributed by atoms with Crippen LogP contribution >= 0.6 is 11.8 Å². The number of aromatic nitrogens is 3. The quantitative estimate of drug-likeness (QED) is 0.372. The molecule has 0 radical (unpaired) electrons. The van der Waals surface area contributed by atoms with E-state index in [1.54, 1.807) is 6.26 Å². The van der Waals surface area contributed by atoms with Crippen LogP contribution in [0.15, 0.2) is 70.4 Å². The number of carbonyl (C=O) groups excluding carboxylic acids is 1. The van der Waals surface area contributed by atoms with E-state index in [2.05, 4.69) is 46.7 Å². The van der Waals surface area contributed by atoms with Crippen LogP contribution in [0.1, 0.15) is 29.2 Å². The molecule has 4 rings (SSSR count). The molecule has 6 nitrogen and oxygen atoms in total. The summed E-state index contributed by atoms with van der Waals surface area (Å²) in [5, 5.41) is 12.1. The lowest BCUT2D eigenvalue weighted by molar-refractivity contribution is -0.115. The van der Waals surface area contributed by atoms with Crippen molar-refractivity contribution in [2.75, 3.05) is 5.32 Å². The Balaban J connectivity index is 1.57. The third-order valence-electron chi connectivity index (χ3n) is 5.22. The normalized spacial score (nSPS) is 12.0. The van der Waals surface area contributed by atoms with Crippen LogP contribution in [-0.2, 0) is 11.3 Å². The molecule has 2 heterocycles. The Morgan fingerprint density at radius 2 is 1.78 bits per heavy atom. The first kappa shape index (κ1) is 21.9. The Morgan fingerprint density at radius 3 is 2.44 bits per heavy atom. The molecule has 7 heteroatoms. The molecule has 0 fully saturated rings. The van der Waals surface area contributed by atoms with E-state index in [9.17, 15) is 4.79 Å². The molecular formula is C25H26N4O2S. The van der Waals surface area contributed by atoms with Gasteiger partial charge in [0.05, 0.1) is 18.1 Å². The second kappa shape index (κ2) is 9.44. The lowest BCUT2D eigenvalue weighted by Gasteiger charge is -2.16. The Morgan fingerprint density at radius 1 is 1.06 bits per heavy atom. The van der Waals surface area contributed by atoms with Gasteiger partial charge in [-0.1, -0.05) is 59.8 Å². The fourth-order valence-corrected chi connectivity index (χ4v) is 4.53. The maximum Gasteiger partial charge on any atom is 0.237 e. The first-order valence-electron chi connectivity index (χ1n) is 10.5. The van der Waals surface area contributed by atoms with Crippen molar-refractivity contribution in [1.29, 1.82) is 0 Å². The summed E-state index contributed by atoms with van der Waals surface area (Å²) in [4.78, 5) is 13.0. The average molecular weight is 447 g/mol. The van der Waals surface area contributed by atoms with E-state index in [1.165, 1.54) is 17.3 Å². The van der Waals surface area contributed by atoms with Crippen molar-refractivity contribution in [2.24, 2.45) is 0 Å². The third kappa shape index (κ3) is 4.78. The highest BCUT2D eigenvalue weighted by Crippen LogP contribution is 2.29. The largest absolute Gasteiger partial charge is 0.461 e. The number of hydrogen-bond acceptors (Lipinski definition) is 5. The number of amides is 1. The predicted octanol–water partition coefficient (Wildman–Crippen LogP) is 5.63. The third-order valence-corrected chi connectivity index (χ3v) is 6.30. The Bertz CT molecular complexity index is 1190. The van der Waals surface area contributed by atoms with Crippen LogP contribution in [0, 0.1) is 20.8 Å². The fraction of sp³-hybridized carbons (Fsp3) is 0.240.